The molecule has 0 atom stereocenters. The van der Waals surface area contributed by atoms with Gasteiger partial charge in [0, 0.05) is 0 Å². The summed E-state index contributed by atoms with van der Waals surface area (Å²) in [7, 11) is 5.80. The van der Waals surface area contributed by atoms with E-state index in [9.17, 15) is 0 Å². The molecule has 0 saturated heterocycles. The van der Waals surface area contributed by atoms with Crippen molar-refractivity contribution in [3.63, 3.8) is 0 Å². The molecule has 0 saturated carbocycles. The van der Waals surface area contributed by atoms with Crippen LogP contribution in [0, 0.1) is 0 Å². The first-order valence-electron chi connectivity index (χ1n) is 2.63. The summed E-state index contributed by atoms with van der Waals surface area (Å²) >= 11 is 2.25. The Morgan fingerprint density at radius 3 is 2.67 bits per heavy atom. The maximum absolute atomic E-state index is 5.80. The van der Waals surface area contributed by atoms with E-state index in [2.05, 4.69) is 28.1 Å². The fourth-order valence-corrected chi connectivity index (χ4v) is 5.72. The van der Waals surface area contributed by atoms with Crippen LogP contribution in [-0.2, 0) is 23.3 Å². The third-order valence-corrected chi connectivity index (χ3v) is 7.15. The average Bonchev–Trinajstić information content (AvgIpc) is 1.88. The number of hydrogen-bond donors (Lipinski definition) is 0. The molecule has 0 unspecified atom stereocenters. The van der Waals surface area contributed by atoms with E-state index < -0.39 is 23.3 Å². The van der Waals surface area contributed by atoms with Gasteiger partial charge in [0.1, 0.15) is 0 Å². The van der Waals surface area contributed by atoms with Crippen LogP contribution < -0.4 is 3.07 Å². The number of benzene rings is 1. The van der Waals surface area contributed by atoms with E-state index in [1.54, 1.807) is 0 Å². The van der Waals surface area contributed by atoms with Crippen LogP contribution in [0.4, 0.5) is 0 Å². The Morgan fingerprint density at radius 2 is 2.22 bits per heavy atom. The maximum atomic E-state index is 5.80. The normalized spacial score (nSPS) is 8.67. The average molecular weight is 392 g/mol. The van der Waals surface area contributed by atoms with Gasteiger partial charge in [-0.1, -0.05) is 0 Å². The molecule has 0 radical (unpaired) electrons. The van der Waals surface area contributed by atoms with E-state index in [0.717, 1.165) is 4.47 Å². The Labute approximate surface area is 78.6 Å². The zero-order valence-corrected chi connectivity index (χ0v) is 12.6. The summed E-state index contributed by atoms with van der Waals surface area (Å²) in [4.78, 5) is 0. The van der Waals surface area contributed by atoms with Crippen LogP contribution in [0.2, 0.25) is 0 Å². The monoisotopic (exact) mass is 392 g/mol. The number of hydrogen-bond acceptors (Lipinski definition) is 0. The van der Waals surface area contributed by atoms with E-state index in [4.69, 9.17) is 8.25 Å². The first kappa shape index (κ1) is 8.03. The Morgan fingerprint density at radius 1 is 1.44 bits per heavy atom. The van der Waals surface area contributed by atoms with Crippen LogP contribution in [-0.4, -0.2) is 0 Å². The second-order valence-electron chi connectivity index (χ2n) is 1.76. The van der Waals surface area contributed by atoms with Gasteiger partial charge in [0.15, 0.2) is 0 Å². The van der Waals surface area contributed by atoms with Crippen LogP contribution in [0.15, 0.2) is 28.7 Å². The van der Waals surface area contributed by atoms with Crippen molar-refractivity contribution < 1.29 is 23.3 Å². The van der Waals surface area contributed by atoms with Gasteiger partial charge in [0.25, 0.3) is 0 Å². The van der Waals surface area contributed by atoms with Crippen LogP contribution in [0.1, 0.15) is 0 Å². The van der Waals surface area contributed by atoms with E-state index in [-0.39, 0.29) is 0 Å². The van der Waals surface area contributed by atoms with Gasteiger partial charge in [0.2, 0.25) is 0 Å². The molecule has 0 heterocycles. The Bertz CT molecular complexity index is 202. The summed E-state index contributed by atoms with van der Waals surface area (Å²) in [6.07, 6.45) is 0. The molecular weight excluding hydrogens is 388 g/mol. The van der Waals surface area contributed by atoms with Gasteiger partial charge in [-0.05, 0) is 0 Å². The molecule has 0 amide bonds. The predicted molar refractivity (Wildman–Crippen MR) is 39.6 cm³/mol. The number of halogens is 2. The van der Waals surface area contributed by atoms with E-state index >= 15 is 0 Å². The summed E-state index contributed by atoms with van der Waals surface area (Å²) < 4.78 is 2.51. The van der Waals surface area contributed by atoms with Gasteiger partial charge in [-0.2, -0.15) is 0 Å². The standard InChI is InChI=1S/C6H4Br.ClH.Hg/c7-6-4-2-1-3-5-6;;/h1-2,4-5H;1H;/q;;+1/p-1. The fourth-order valence-electron chi connectivity index (χ4n) is 0.620. The molecule has 0 aliphatic carbocycles. The summed E-state index contributed by atoms with van der Waals surface area (Å²) in [5.74, 6) is 0. The molecule has 9 heavy (non-hydrogen) atoms. The van der Waals surface area contributed by atoms with Gasteiger partial charge in [0.05, 0.1) is 0 Å². The summed E-state index contributed by atoms with van der Waals surface area (Å²) in [6, 6.07) is 8.25. The van der Waals surface area contributed by atoms with Gasteiger partial charge in [-0.25, -0.2) is 0 Å². The minimum absolute atomic E-state index is 1.13. The number of rotatable bonds is 1. The van der Waals surface area contributed by atoms with Crippen molar-refractivity contribution in [3.05, 3.63) is 28.7 Å². The summed E-state index contributed by atoms with van der Waals surface area (Å²) in [5.41, 5.74) is 0. The van der Waals surface area contributed by atoms with E-state index in [1.807, 2.05) is 12.1 Å². The SMILES string of the molecule is [Cl][Hg][c]1cccc(Br)c1. The first-order chi connectivity index (χ1) is 4.33. The second-order valence-corrected chi connectivity index (χ2v) is 9.24. The Kier molecular flexibility index (Phi) is 3.52. The molecule has 0 nitrogen and oxygen atoms in total. The van der Waals surface area contributed by atoms with Crippen molar-refractivity contribution in [2.24, 2.45) is 0 Å². The van der Waals surface area contributed by atoms with Crippen molar-refractivity contribution >= 4 is 27.3 Å². The third-order valence-electron chi connectivity index (χ3n) is 1.04. The molecule has 1 aromatic carbocycles. The van der Waals surface area contributed by atoms with Crippen LogP contribution in [0.3, 0.4) is 0 Å². The molecular formula is C6H4BrClHg. The zero-order valence-electron chi connectivity index (χ0n) is 4.77. The van der Waals surface area contributed by atoms with Crippen molar-refractivity contribution in [2.75, 3.05) is 0 Å². The van der Waals surface area contributed by atoms with Gasteiger partial charge < -0.3 is 0 Å². The van der Waals surface area contributed by atoms with Crippen LogP contribution in [0.5, 0.6) is 0 Å². The molecule has 44 valence electrons. The molecule has 1 rings (SSSR count). The van der Waals surface area contributed by atoms with Crippen molar-refractivity contribution in [3.8, 4) is 0 Å². The molecule has 0 fully saturated rings. The quantitative estimate of drug-likeness (QED) is 0.644. The third kappa shape index (κ3) is 2.56. The fraction of sp³-hybridized carbons (Fsp3) is 0. The van der Waals surface area contributed by atoms with Crippen molar-refractivity contribution in [1.82, 2.24) is 0 Å². The Hall–Kier alpha value is 0.925. The molecule has 0 bridgehead atoms. The van der Waals surface area contributed by atoms with E-state index in [1.165, 1.54) is 3.07 Å². The summed E-state index contributed by atoms with van der Waals surface area (Å²) in [5, 5.41) is 0. The summed E-state index contributed by atoms with van der Waals surface area (Å²) in [6.45, 7) is 0. The van der Waals surface area contributed by atoms with Gasteiger partial charge in [-0.15, -0.1) is 0 Å². The minimum atomic E-state index is -1.13. The van der Waals surface area contributed by atoms with Gasteiger partial charge >= 0.3 is 79.3 Å². The molecule has 0 aromatic heterocycles. The Balaban J connectivity index is 2.94. The van der Waals surface area contributed by atoms with Crippen LogP contribution in [0.25, 0.3) is 0 Å². The molecule has 0 aliphatic rings. The molecule has 0 N–H and O–H groups in total. The molecule has 0 spiro atoms. The molecule has 3 heteroatoms. The molecule has 0 aliphatic heterocycles. The van der Waals surface area contributed by atoms with E-state index in [0.29, 0.717) is 0 Å². The topological polar surface area (TPSA) is 0 Å². The zero-order chi connectivity index (χ0) is 6.69. The van der Waals surface area contributed by atoms with Crippen molar-refractivity contribution in [1.29, 1.82) is 0 Å². The predicted octanol–water partition coefficient (Wildman–Crippen LogP) is 2.31. The molecule has 1 aromatic rings. The second kappa shape index (κ2) is 3.94. The van der Waals surface area contributed by atoms with Crippen molar-refractivity contribution in [2.45, 2.75) is 0 Å². The van der Waals surface area contributed by atoms with Crippen LogP contribution >= 0.6 is 24.2 Å². The first-order valence-corrected chi connectivity index (χ1v) is 12.9. The van der Waals surface area contributed by atoms with Gasteiger partial charge in [-0.3, -0.25) is 0 Å².